The van der Waals surface area contributed by atoms with Gasteiger partial charge in [-0.15, -0.1) is 0 Å². The van der Waals surface area contributed by atoms with Crippen LogP contribution in [0.25, 0.3) is 0 Å². The first kappa shape index (κ1) is 15.5. The Labute approximate surface area is 114 Å². The summed E-state index contributed by atoms with van der Waals surface area (Å²) in [4.78, 5) is 23.6. The molecule has 5 nitrogen and oxygen atoms in total. The zero-order valence-electron chi connectivity index (χ0n) is 12.1. The topological polar surface area (TPSA) is 64.6 Å². The van der Waals surface area contributed by atoms with Crippen molar-refractivity contribution in [3.63, 3.8) is 0 Å². The molecule has 0 aromatic carbocycles. The van der Waals surface area contributed by atoms with E-state index in [0.717, 1.165) is 24.8 Å². The van der Waals surface area contributed by atoms with E-state index in [0.29, 0.717) is 0 Å². The molecule has 2 atom stereocenters. The summed E-state index contributed by atoms with van der Waals surface area (Å²) in [5.41, 5.74) is 0.378. The van der Waals surface area contributed by atoms with Crippen LogP contribution in [0.5, 0.6) is 0 Å². The van der Waals surface area contributed by atoms with Gasteiger partial charge in [0, 0.05) is 5.92 Å². The van der Waals surface area contributed by atoms with Crippen molar-refractivity contribution in [2.45, 2.75) is 51.7 Å². The second kappa shape index (κ2) is 6.08. The van der Waals surface area contributed by atoms with Gasteiger partial charge in [-0.25, -0.2) is 9.59 Å². The fraction of sp³-hybridized carbons (Fsp3) is 0.714. The lowest BCUT2D eigenvalue weighted by atomic mass is 9.95. The molecule has 19 heavy (non-hydrogen) atoms. The average Bonchev–Trinajstić information content (AvgIpc) is 2.69. The smallest absolute Gasteiger partial charge is 0.408 e. The van der Waals surface area contributed by atoms with Crippen molar-refractivity contribution in [2.24, 2.45) is 5.92 Å². The monoisotopic (exact) mass is 269 g/mol. The molecule has 1 amide bonds. The maximum Gasteiger partial charge on any atom is 0.408 e. The van der Waals surface area contributed by atoms with Crippen molar-refractivity contribution >= 4 is 12.1 Å². The molecule has 0 saturated heterocycles. The van der Waals surface area contributed by atoms with E-state index in [1.54, 1.807) is 20.8 Å². The van der Waals surface area contributed by atoms with Crippen molar-refractivity contribution < 1.29 is 19.1 Å². The largest absolute Gasteiger partial charge is 0.467 e. The number of esters is 1. The molecule has 0 spiro atoms. The Balaban J connectivity index is 2.73. The first-order chi connectivity index (χ1) is 8.74. The van der Waals surface area contributed by atoms with E-state index in [9.17, 15) is 9.59 Å². The van der Waals surface area contributed by atoms with Gasteiger partial charge in [0.2, 0.25) is 0 Å². The van der Waals surface area contributed by atoms with Crippen molar-refractivity contribution in [2.75, 3.05) is 7.11 Å². The summed E-state index contributed by atoms with van der Waals surface area (Å²) in [6, 6.07) is -0.713. The molecule has 1 aliphatic rings. The highest BCUT2D eigenvalue weighted by atomic mass is 16.6. The predicted octanol–water partition coefficient (Wildman–Crippen LogP) is 2.41. The molecule has 0 radical (unpaired) electrons. The summed E-state index contributed by atoms with van der Waals surface area (Å²) in [5, 5.41) is 2.60. The minimum Gasteiger partial charge on any atom is -0.467 e. The van der Waals surface area contributed by atoms with Gasteiger partial charge in [-0.3, -0.25) is 0 Å². The Morgan fingerprint density at radius 2 is 2.05 bits per heavy atom. The fourth-order valence-corrected chi connectivity index (χ4v) is 2.23. The summed E-state index contributed by atoms with van der Waals surface area (Å²) in [5.74, 6) is -0.529. The fourth-order valence-electron chi connectivity index (χ4n) is 2.23. The minimum atomic E-state index is -0.713. The van der Waals surface area contributed by atoms with Crippen LogP contribution < -0.4 is 5.32 Å². The number of ether oxygens (including phenoxy) is 2. The molecule has 1 aliphatic carbocycles. The first-order valence-electron chi connectivity index (χ1n) is 6.49. The molecule has 2 unspecified atom stereocenters. The number of carbonyl (C=O) groups is 2. The van der Waals surface area contributed by atoms with E-state index >= 15 is 0 Å². The number of hydrogen-bond donors (Lipinski definition) is 1. The second-order valence-electron chi connectivity index (χ2n) is 5.80. The Hall–Kier alpha value is -1.52. The quantitative estimate of drug-likeness (QED) is 0.631. The summed E-state index contributed by atoms with van der Waals surface area (Å²) in [6.07, 6.45) is 2.08. The Morgan fingerprint density at radius 3 is 2.47 bits per heavy atom. The van der Waals surface area contributed by atoms with Gasteiger partial charge in [0.25, 0.3) is 0 Å². The molecule has 5 heteroatoms. The van der Waals surface area contributed by atoms with Crippen LogP contribution in [0.3, 0.4) is 0 Å². The van der Waals surface area contributed by atoms with E-state index < -0.39 is 23.7 Å². The predicted molar refractivity (Wildman–Crippen MR) is 71.7 cm³/mol. The standard InChI is InChI=1S/C14H23NO4/c1-9-7-6-8-10(9)11(12(16)18-5)15-13(17)19-14(2,3)4/h10-11H,1,6-8H2,2-5H3,(H,15,17). The Bertz CT molecular complexity index is 370. The number of alkyl carbamates (subject to hydrolysis) is 1. The highest BCUT2D eigenvalue weighted by Gasteiger charge is 2.35. The van der Waals surface area contributed by atoms with Crippen molar-refractivity contribution in [1.82, 2.24) is 5.32 Å². The molecule has 0 bridgehead atoms. The molecule has 1 rings (SSSR count). The van der Waals surface area contributed by atoms with Gasteiger partial charge in [0.15, 0.2) is 0 Å². The maximum atomic E-state index is 11.8. The van der Waals surface area contributed by atoms with Crippen LogP contribution in [0.2, 0.25) is 0 Å². The van der Waals surface area contributed by atoms with Gasteiger partial charge in [0.1, 0.15) is 11.6 Å². The van der Waals surface area contributed by atoms with Gasteiger partial charge in [-0.2, -0.15) is 0 Å². The molecule has 1 saturated carbocycles. The average molecular weight is 269 g/mol. The van der Waals surface area contributed by atoms with E-state index in [4.69, 9.17) is 9.47 Å². The second-order valence-corrected chi connectivity index (χ2v) is 5.80. The third kappa shape index (κ3) is 4.58. The molecule has 0 aliphatic heterocycles. The van der Waals surface area contributed by atoms with Gasteiger partial charge in [-0.1, -0.05) is 12.2 Å². The number of methoxy groups -OCH3 is 1. The number of rotatable bonds is 3. The van der Waals surface area contributed by atoms with Crippen molar-refractivity contribution in [3.05, 3.63) is 12.2 Å². The SMILES string of the molecule is C=C1CCCC1C(NC(=O)OC(C)(C)C)C(=O)OC. The van der Waals surface area contributed by atoms with Gasteiger partial charge in [-0.05, 0) is 40.0 Å². The van der Waals surface area contributed by atoms with Crippen molar-refractivity contribution in [3.8, 4) is 0 Å². The Kier molecular flexibility index (Phi) is 4.97. The minimum absolute atomic E-state index is 0.0695. The number of amides is 1. The normalized spacial score (nSPS) is 20.8. The lowest BCUT2D eigenvalue weighted by molar-refractivity contribution is -0.144. The third-order valence-electron chi connectivity index (χ3n) is 3.07. The molecule has 0 heterocycles. The maximum absolute atomic E-state index is 11.8. The lowest BCUT2D eigenvalue weighted by Crippen LogP contribution is -2.48. The van der Waals surface area contributed by atoms with Crippen LogP contribution in [-0.4, -0.2) is 30.8 Å². The molecule has 0 aromatic rings. The molecule has 108 valence electrons. The van der Waals surface area contributed by atoms with Crippen LogP contribution in [0.1, 0.15) is 40.0 Å². The number of carbonyl (C=O) groups excluding carboxylic acids is 2. The zero-order chi connectivity index (χ0) is 14.6. The van der Waals surface area contributed by atoms with Gasteiger partial charge in [0.05, 0.1) is 7.11 Å². The Morgan fingerprint density at radius 1 is 1.42 bits per heavy atom. The van der Waals surface area contributed by atoms with Crippen LogP contribution in [-0.2, 0) is 14.3 Å². The van der Waals surface area contributed by atoms with Crippen LogP contribution in [0.4, 0.5) is 4.79 Å². The third-order valence-corrected chi connectivity index (χ3v) is 3.07. The van der Waals surface area contributed by atoms with Crippen LogP contribution in [0, 0.1) is 5.92 Å². The molecule has 1 N–H and O–H groups in total. The van der Waals surface area contributed by atoms with Gasteiger partial charge >= 0.3 is 12.1 Å². The van der Waals surface area contributed by atoms with Crippen LogP contribution >= 0.6 is 0 Å². The number of nitrogens with one attached hydrogen (secondary N) is 1. The first-order valence-corrected chi connectivity index (χ1v) is 6.49. The van der Waals surface area contributed by atoms with Gasteiger partial charge < -0.3 is 14.8 Å². The summed E-state index contributed by atoms with van der Waals surface area (Å²) in [6.45, 7) is 9.27. The summed E-state index contributed by atoms with van der Waals surface area (Å²) >= 11 is 0. The van der Waals surface area contributed by atoms with E-state index in [2.05, 4.69) is 11.9 Å². The molecule has 0 aromatic heterocycles. The number of hydrogen-bond acceptors (Lipinski definition) is 4. The highest BCUT2D eigenvalue weighted by Crippen LogP contribution is 2.32. The van der Waals surface area contributed by atoms with Crippen molar-refractivity contribution in [1.29, 1.82) is 0 Å². The van der Waals surface area contributed by atoms with E-state index in [1.807, 2.05) is 0 Å². The lowest BCUT2D eigenvalue weighted by Gasteiger charge is -2.26. The zero-order valence-corrected chi connectivity index (χ0v) is 12.1. The summed E-state index contributed by atoms with van der Waals surface area (Å²) in [7, 11) is 1.31. The molecule has 1 fully saturated rings. The molecular formula is C14H23NO4. The van der Waals surface area contributed by atoms with Crippen LogP contribution in [0.15, 0.2) is 12.2 Å². The van der Waals surface area contributed by atoms with E-state index in [1.165, 1.54) is 7.11 Å². The highest BCUT2D eigenvalue weighted by molar-refractivity contribution is 5.82. The summed E-state index contributed by atoms with van der Waals surface area (Å²) < 4.78 is 9.92. The van der Waals surface area contributed by atoms with E-state index in [-0.39, 0.29) is 5.92 Å². The molecular weight excluding hydrogens is 246 g/mol.